The molecule has 0 aliphatic rings. The summed E-state index contributed by atoms with van der Waals surface area (Å²) in [5.74, 6) is 0.287. The van der Waals surface area contributed by atoms with Crippen molar-refractivity contribution in [3.05, 3.63) is 64.6 Å². The zero-order chi connectivity index (χ0) is 18.8. The van der Waals surface area contributed by atoms with Crippen molar-refractivity contribution in [2.75, 3.05) is 20.6 Å². The first kappa shape index (κ1) is 19.4. The van der Waals surface area contributed by atoms with E-state index < -0.39 is 7.82 Å². The van der Waals surface area contributed by atoms with Crippen molar-refractivity contribution >= 4 is 32.0 Å². The predicted molar refractivity (Wildman–Crippen MR) is 104 cm³/mol. The number of likely N-dealkylation sites (N-methyl/N-ethyl adjacent to an activating group) is 1. The number of benzene rings is 2. The van der Waals surface area contributed by atoms with Crippen molar-refractivity contribution in [2.24, 2.45) is 0 Å². The first-order chi connectivity index (χ1) is 12.2. The number of quaternary nitrogens is 1. The van der Waals surface area contributed by atoms with Crippen LogP contribution in [0.3, 0.4) is 0 Å². The third kappa shape index (κ3) is 5.08. The fourth-order valence-corrected chi connectivity index (χ4v) is 5.62. The molecule has 0 spiro atoms. The summed E-state index contributed by atoms with van der Waals surface area (Å²) in [4.78, 5) is 20.6. The second kappa shape index (κ2) is 7.69. The molecule has 2 aromatic carbocycles. The Bertz CT molecular complexity index is 933. The van der Waals surface area contributed by atoms with Crippen molar-refractivity contribution in [3.8, 4) is 5.75 Å². The Morgan fingerprint density at radius 3 is 2.50 bits per heavy atom. The zero-order valence-electron chi connectivity index (χ0n) is 14.8. The summed E-state index contributed by atoms with van der Waals surface area (Å²) in [5.41, 5.74) is 2.43. The summed E-state index contributed by atoms with van der Waals surface area (Å²) in [7, 11) is -0.166. The van der Waals surface area contributed by atoms with E-state index in [-0.39, 0.29) is 20.3 Å². The van der Waals surface area contributed by atoms with Gasteiger partial charge < -0.3 is 0 Å². The maximum atomic E-state index is 11.3. The number of hydrogen-bond acceptors (Lipinski definition) is 2. The average molecular weight is 439 g/mol. The SMILES string of the molecule is C[N+](C)(CCc1c[se]c2cccc(OP(=O)(O)O)c12)Cc1ccccc1. The van der Waals surface area contributed by atoms with E-state index in [0.29, 0.717) is 0 Å². The minimum atomic E-state index is -4.57. The van der Waals surface area contributed by atoms with Gasteiger partial charge >= 0.3 is 159 Å². The van der Waals surface area contributed by atoms with Crippen LogP contribution in [0.25, 0.3) is 9.65 Å². The van der Waals surface area contributed by atoms with Crippen LogP contribution in [0.5, 0.6) is 5.75 Å². The van der Waals surface area contributed by atoms with Crippen molar-refractivity contribution < 1.29 is 23.4 Å². The molecule has 0 radical (unpaired) electrons. The molecule has 7 heteroatoms. The van der Waals surface area contributed by atoms with Crippen LogP contribution < -0.4 is 4.52 Å². The van der Waals surface area contributed by atoms with Crippen LogP contribution in [0.1, 0.15) is 11.1 Å². The summed E-state index contributed by atoms with van der Waals surface area (Å²) >= 11 is 0.176. The molecule has 1 aromatic heterocycles. The van der Waals surface area contributed by atoms with E-state index in [4.69, 9.17) is 4.52 Å². The third-order valence-electron chi connectivity index (χ3n) is 4.29. The number of phosphoric acid groups is 1. The molecule has 0 bridgehead atoms. The monoisotopic (exact) mass is 440 g/mol. The van der Waals surface area contributed by atoms with Crippen LogP contribution in [0.15, 0.2) is 53.5 Å². The van der Waals surface area contributed by atoms with E-state index in [1.165, 1.54) is 5.56 Å². The van der Waals surface area contributed by atoms with Gasteiger partial charge in [-0.3, -0.25) is 0 Å². The van der Waals surface area contributed by atoms with E-state index in [0.717, 1.165) is 39.2 Å². The fraction of sp³-hybridized carbons (Fsp3) is 0.263. The standard InChI is InChI=1S/C19H22NO4PSe/c1-20(2,13-15-7-4-3-5-8-15)12-11-16-14-26-18-10-6-9-17(19(16)18)24-25(21,22)23/h3-10,14H,11-13H2,1-2H3,(H-,21,22,23)/p+1. The van der Waals surface area contributed by atoms with E-state index >= 15 is 0 Å². The van der Waals surface area contributed by atoms with Gasteiger partial charge in [0, 0.05) is 0 Å². The van der Waals surface area contributed by atoms with Gasteiger partial charge in [-0.25, -0.2) is 0 Å². The van der Waals surface area contributed by atoms with Crippen LogP contribution in [-0.2, 0) is 17.5 Å². The summed E-state index contributed by atoms with van der Waals surface area (Å²) in [5, 5.41) is 0.871. The second-order valence-corrected chi connectivity index (χ2v) is 10.1. The molecule has 0 atom stereocenters. The molecule has 5 nitrogen and oxygen atoms in total. The van der Waals surface area contributed by atoms with Gasteiger partial charge in [-0.15, -0.1) is 0 Å². The number of fused-ring (bicyclic) bond motifs is 1. The van der Waals surface area contributed by atoms with E-state index in [1.807, 2.05) is 12.1 Å². The molecule has 1 heterocycles. The molecule has 0 fully saturated rings. The Morgan fingerprint density at radius 2 is 1.81 bits per heavy atom. The molecule has 0 aliphatic heterocycles. The molecular weight excluding hydrogens is 416 g/mol. The number of phosphoric ester groups is 1. The van der Waals surface area contributed by atoms with Crippen LogP contribution in [-0.4, -0.2) is 49.4 Å². The Morgan fingerprint density at radius 1 is 1.08 bits per heavy atom. The Labute approximate surface area is 159 Å². The van der Waals surface area contributed by atoms with Crippen molar-refractivity contribution in [3.63, 3.8) is 0 Å². The first-order valence-corrected chi connectivity index (χ1v) is 11.7. The fourth-order valence-electron chi connectivity index (χ4n) is 3.09. The number of rotatable bonds is 7. The van der Waals surface area contributed by atoms with E-state index in [9.17, 15) is 14.4 Å². The zero-order valence-corrected chi connectivity index (χ0v) is 17.4. The molecule has 138 valence electrons. The number of nitrogens with zero attached hydrogens (tertiary/aromatic N) is 1. The van der Waals surface area contributed by atoms with Gasteiger partial charge in [0.2, 0.25) is 0 Å². The molecule has 3 rings (SSSR count). The topological polar surface area (TPSA) is 66.8 Å². The Balaban J connectivity index is 1.79. The number of hydrogen-bond donors (Lipinski definition) is 2. The van der Waals surface area contributed by atoms with Gasteiger partial charge in [-0.1, -0.05) is 0 Å². The summed E-state index contributed by atoms with van der Waals surface area (Å²) < 4.78 is 18.2. The van der Waals surface area contributed by atoms with Crippen molar-refractivity contribution in [1.29, 1.82) is 0 Å². The molecular formula is C19H23NO4PSe+. The van der Waals surface area contributed by atoms with Gasteiger partial charge in [0.05, 0.1) is 0 Å². The molecule has 3 aromatic rings. The van der Waals surface area contributed by atoms with Gasteiger partial charge in [0.25, 0.3) is 0 Å². The van der Waals surface area contributed by atoms with E-state index in [2.05, 4.69) is 43.3 Å². The average Bonchev–Trinajstić information content (AvgIpc) is 2.96. The van der Waals surface area contributed by atoms with Crippen molar-refractivity contribution in [1.82, 2.24) is 0 Å². The van der Waals surface area contributed by atoms with Crippen LogP contribution in [0.4, 0.5) is 0 Å². The Kier molecular flexibility index (Phi) is 5.73. The molecule has 2 N–H and O–H groups in total. The molecule has 0 aliphatic carbocycles. The normalized spacial score (nSPS) is 12.5. The quantitative estimate of drug-likeness (QED) is 0.337. The molecule has 0 saturated heterocycles. The maximum absolute atomic E-state index is 11.3. The van der Waals surface area contributed by atoms with Crippen molar-refractivity contribution in [2.45, 2.75) is 13.0 Å². The molecule has 26 heavy (non-hydrogen) atoms. The molecule has 0 unspecified atom stereocenters. The third-order valence-corrected chi connectivity index (χ3v) is 6.82. The van der Waals surface area contributed by atoms with Gasteiger partial charge in [0.1, 0.15) is 0 Å². The van der Waals surface area contributed by atoms with E-state index in [1.54, 1.807) is 12.1 Å². The summed E-state index contributed by atoms with van der Waals surface area (Å²) in [6.07, 6.45) is 0.843. The second-order valence-electron chi connectivity index (χ2n) is 7.03. The van der Waals surface area contributed by atoms with Gasteiger partial charge in [-0.2, -0.15) is 0 Å². The first-order valence-electron chi connectivity index (χ1n) is 8.34. The van der Waals surface area contributed by atoms with Gasteiger partial charge in [0.15, 0.2) is 0 Å². The molecule has 0 saturated carbocycles. The summed E-state index contributed by atoms with van der Waals surface area (Å²) in [6.45, 7) is 1.87. The van der Waals surface area contributed by atoms with Gasteiger partial charge in [-0.05, 0) is 0 Å². The predicted octanol–water partition coefficient (Wildman–Crippen LogP) is 3.19. The minimum absolute atomic E-state index is 0.176. The summed E-state index contributed by atoms with van der Waals surface area (Å²) in [6, 6.07) is 15.8. The van der Waals surface area contributed by atoms with Crippen LogP contribution in [0.2, 0.25) is 0 Å². The Hall–Kier alpha value is -1.39. The van der Waals surface area contributed by atoms with Crippen LogP contribution >= 0.6 is 7.82 Å². The van der Waals surface area contributed by atoms with Crippen LogP contribution in [0, 0.1) is 0 Å². The molecule has 0 amide bonds.